The Labute approximate surface area is 89.9 Å². The monoisotopic (exact) mass is 213 g/mol. The summed E-state index contributed by atoms with van der Waals surface area (Å²) in [4.78, 5) is 3.88. The first kappa shape index (κ1) is 11.5. The van der Waals surface area contributed by atoms with Crippen LogP contribution in [0.3, 0.4) is 0 Å². The van der Waals surface area contributed by atoms with E-state index in [9.17, 15) is 5.11 Å². The van der Waals surface area contributed by atoms with Gasteiger partial charge in [-0.25, -0.2) is 0 Å². The third-order valence-electron chi connectivity index (χ3n) is 2.24. The van der Waals surface area contributed by atoms with Gasteiger partial charge in [0.05, 0.1) is 11.1 Å². The zero-order valence-corrected chi connectivity index (χ0v) is 9.17. The quantitative estimate of drug-likeness (QED) is 0.761. The normalized spacial score (nSPS) is 12.8. The summed E-state index contributed by atoms with van der Waals surface area (Å²) >= 11 is 5.91. The number of nitrogens with zero attached hydrogens (tertiary/aromatic N) is 1. The molecule has 0 aliphatic rings. The van der Waals surface area contributed by atoms with E-state index in [1.54, 1.807) is 18.5 Å². The molecule has 78 valence electrons. The molecule has 0 saturated carbocycles. The highest BCUT2D eigenvalue weighted by Crippen LogP contribution is 2.25. The predicted molar refractivity (Wildman–Crippen MR) is 58.3 cm³/mol. The molecule has 1 rings (SSSR count). The molecule has 1 aromatic heterocycles. The molecule has 0 saturated heterocycles. The minimum Gasteiger partial charge on any atom is -0.388 e. The van der Waals surface area contributed by atoms with Crippen LogP contribution in [0.15, 0.2) is 18.5 Å². The van der Waals surface area contributed by atoms with Crippen LogP contribution in [0.1, 0.15) is 44.3 Å². The molecular formula is C11H16ClNO. The van der Waals surface area contributed by atoms with Gasteiger partial charge < -0.3 is 5.11 Å². The number of hydrogen-bond donors (Lipinski definition) is 1. The van der Waals surface area contributed by atoms with Crippen LogP contribution >= 0.6 is 11.6 Å². The van der Waals surface area contributed by atoms with Gasteiger partial charge in [-0.05, 0) is 12.5 Å². The molecule has 1 N–H and O–H groups in total. The summed E-state index contributed by atoms with van der Waals surface area (Å²) in [7, 11) is 0. The Hall–Kier alpha value is -0.600. The number of halogens is 1. The lowest BCUT2D eigenvalue weighted by atomic mass is 10.0. The second kappa shape index (κ2) is 5.99. The standard InChI is InChI=1S/C11H16ClNO/c1-2-3-4-5-11(14)9-6-7-13-8-10(9)12/h6-8,11,14H,2-5H2,1H3. The molecule has 0 amide bonds. The highest BCUT2D eigenvalue weighted by Gasteiger charge is 2.10. The number of aliphatic hydroxyl groups is 1. The topological polar surface area (TPSA) is 33.1 Å². The molecule has 0 radical (unpaired) electrons. The van der Waals surface area contributed by atoms with Gasteiger partial charge >= 0.3 is 0 Å². The maximum Gasteiger partial charge on any atom is 0.0805 e. The second-order valence-corrected chi connectivity index (χ2v) is 3.82. The van der Waals surface area contributed by atoms with Crippen LogP contribution < -0.4 is 0 Å². The molecule has 0 bridgehead atoms. The van der Waals surface area contributed by atoms with Crippen LogP contribution in [0.4, 0.5) is 0 Å². The van der Waals surface area contributed by atoms with Gasteiger partial charge in [-0.1, -0.05) is 37.8 Å². The average Bonchev–Trinajstić information content (AvgIpc) is 2.18. The van der Waals surface area contributed by atoms with Crippen LogP contribution in [0.2, 0.25) is 5.02 Å². The van der Waals surface area contributed by atoms with Gasteiger partial charge in [0.2, 0.25) is 0 Å². The number of unbranched alkanes of at least 4 members (excludes halogenated alkanes) is 2. The summed E-state index contributed by atoms with van der Waals surface area (Å²) in [5.41, 5.74) is 0.790. The lowest BCUT2D eigenvalue weighted by molar-refractivity contribution is 0.163. The average molecular weight is 214 g/mol. The Morgan fingerprint density at radius 1 is 1.50 bits per heavy atom. The molecule has 0 aliphatic carbocycles. The molecule has 0 aromatic carbocycles. The van der Waals surface area contributed by atoms with Crippen molar-refractivity contribution >= 4 is 11.6 Å². The van der Waals surface area contributed by atoms with Gasteiger partial charge in [0.25, 0.3) is 0 Å². The first-order valence-electron chi connectivity index (χ1n) is 5.03. The van der Waals surface area contributed by atoms with Gasteiger partial charge in [0.15, 0.2) is 0 Å². The number of hydrogen-bond acceptors (Lipinski definition) is 2. The van der Waals surface area contributed by atoms with Crippen LogP contribution in [0.25, 0.3) is 0 Å². The van der Waals surface area contributed by atoms with Crippen molar-refractivity contribution in [2.24, 2.45) is 0 Å². The minimum atomic E-state index is -0.447. The molecule has 1 atom stereocenters. The van der Waals surface area contributed by atoms with E-state index in [-0.39, 0.29) is 0 Å². The molecule has 14 heavy (non-hydrogen) atoms. The summed E-state index contributed by atoms with van der Waals surface area (Å²) in [6.45, 7) is 2.14. The van der Waals surface area contributed by atoms with Gasteiger partial charge in [0, 0.05) is 18.0 Å². The third-order valence-corrected chi connectivity index (χ3v) is 2.56. The van der Waals surface area contributed by atoms with Crippen LogP contribution in [-0.4, -0.2) is 10.1 Å². The molecule has 1 aromatic rings. The second-order valence-electron chi connectivity index (χ2n) is 3.41. The van der Waals surface area contributed by atoms with Gasteiger partial charge in [-0.15, -0.1) is 0 Å². The zero-order valence-electron chi connectivity index (χ0n) is 8.41. The molecule has 0 spiro atoms. The van der Waals surface area contributed by atoms with E-state index in [0.717, 1.165) is 31.2 Å². The first-order valence-corrected chi connectivity index (χ1v) is 5.41. The van der Waals surface area contributed by atoms with Crippen molar-refractivity contribution in [3.05, 3.63) is 29.0 Å². The molecule has 2 nitrogen and oxygen atoms in total. The molecule has 0 aliphatic heterocycles. The first-order chi connectivity index (χ1) is 6.75. The number of rotatable bonds is 5. The number of aliphatic hydroxyl groups excluding tert-OH is 1. The SMILES string of the molecule is CCCCCC(O)c1ccncc1Cl. The van der Waals surface area contributed by atoms with Gasteiger partial charge in [0.1, 0.15) is 0 Å². The zero-order chi connectivity index (χ0) is 10.4. The molecule has 3 heteroatoms. The Bertz CT molecular complexity index is 278. The van der Waals surface area contributed by atoms with Crippen molar-refractivity contribution in [2.75, 3.05) is 0 Å². The maximum absolute atomic E-state index is 9.82. The van der Waals surface area contributed by atoms with Crippen LogP contribution in [-0.2, 0) is 0 Å². The van der Waals surface area contributed by atoms with E-state index in [1.165, 1.54) is 0 Å². The van der Waals surface area contributed by atoms with Crippen molar-refractivity contribution in [1.29, 1.82) is 0 Å². The summed E-state index contributed by atoms with van der Waals surface area (Å²) < 4.78 is 0. The number of aromatic nitrogens is 1. The Morgan fingerprint density at radius 2 is 2.29 bits per heavy atom. The molecule has 0 fully saturated rings. The summed E-state index contributed by atoms with van der Waals surface area (Å²) in [5, 5.41) is 10.4. The van der Waals surface area contributed by atoms with E-state index in [4.69, 9.17) is 11.6 Å². The minimum absolute atomic E-state index is 0.447. The van der Waals surface area contributed by atoms with Crippen molar-refractivity contribution in [3.8, 4) is 0 Å². The van der Waals surface area contributed by atoms with Crippen LogP contribution in [0.5, 0.6) is 0 Å². The Kier molecular flexibility index (Phi) is 4.91. The maximum atomic E-state index is 9.82. The molecule has 1 unspecified atom stereocenters. The van der Waals surface area contributed by atoms with Gasteiger partial charge in [-0.3, -0.25) is 4.98 Å². The van der Waals surface area contributed by atoms with E-state index in [1.807, 2.05) is 0 Å². The third kappa shape index (κ3) is 3.28. The van der Waals surface area contributed by atoms with Crippen molar-refractivity contribution in [1.82, 2.24) is 4.98 Å². The highest BCUT2D eigenvalue weighted by atomic mass is 35.5. The van der Waals surface area contributed by atoms with Gasteiger partial charge in [-0.2, -0.15) is 0 Å². The largest absolute Gasteiger partial charge is 0.388 e. The van der Waals surface area contributed by atoms with Crippen LogP contribution in [0, 0.1) is 0 Å². The number of pyridine rings is 1. The van der Waals surface area contributed by atoms with Crippen molar-refractivity contribution in [2.45, 2.75) is 38.7 Å². The van der Waals surface area contributed by atoms with E-state index in [2.05, 4.69) is 11.9 Å². The van der Waals surface area contributed by atoms with E-state index >= 15 is 0 Å². The molecular weight excluding hydrogens is 198 g/mol. The van der Waals surface area contributed by atoms with E-state index < -0.39 is 6.10 Å². The summed E-state index contributed by atoms with van der Waals surface area (Å²) in [5.74, 6) is 0. The van der Waals surface area contributed by atoms with Crippen molar-refractivity contribution in [3.63, 3.8) is 0 Å². The van der Waals surface area contributed by atoms with Crippen molar-refractivity contribution < 1.29 is 5.11 Å². The Balaban J connectivity index is 2.51. The fraction of sp³-hybridized carbons (Fsp3) is 0.545. The fourth-order valence-corrected chi connectivity index (χ4v) is 1.64. The highest BCUT2D eigenvalue weighted by molar-refractivity contribution is 6.31. The Morgan fingerprint density at radius 3 is 2.93 bits per heavy atom. The molecule has 1 heterocycles. The van der Waals surface area contributed by atoms with E-state index in [0.29, 0.717) is 5.02 Å². The smallest absolute Gasteiger partial charge is 0.0805 e. The lowest BCUT2D eigenvalue weighted by Crippen LogP contribution is -1.98. The predicted octanol–water partition coefficient (Wildman–Crippen LogP) is 3.35. The fourth-order valence-electron chi connectivity index (χ4n) is 1.40. The summed E-state index contributed by atoms with van der Waals surface area (Å²) in [6.07, 6.45) is 6.91. The lowest BCUT2D eigenvalue weighted by Gasteiger charge is -2.11. The summed E-state index contributed by atoms with van der Waals surface area (Å²) in [6, 6.07) is 1.78.